The molecule has 1 aromatic rings. The largest absolute Gasteiger partial charge is 0.367 e. The fourth-order valence-corrected chi connectivity index (χ4v) is 2.48. The zero-order chi connectivity index (χ0) is 12.6. The molecule has 1 fully saturated rings. The van der Waals surface area contributed by atoms with Gasteiger partial charge in [-0.25, -0.2) is 4.39 Å². The Hall–Kier alpha value is -1.38. The average molecular weight is 235 g/mol. The molecule has 0 bridgehead atoms. The van der Waals surface area contributed by atoms with E-state index in [1.165, 1.54) is 6.07 Å². The first-order valence-corrected chi connectivity index (χ1v) is 6.06. The van der Waals surface area contributed by atoms with E-state index in [0.29, 0.717) is 12.2 Å². The number of carbonyl (C=O) groups is 1. The molecule has 1 heterocycles. The number of halogens is 1. The quantitative estimate of drug-likeness (QED) is 0.746. The minimum Gasteiger partial charge on any atom is -0.367 e. The van der Waals surface area contributed by atoms with Gasteiger partial charge in [0.25, 0.3) is 0 Å². The van der Waals surface area contributed by atoms with Crippen LogP contribution in [0.2, 0.25) is 0 Å². The van der Waals surface area contributed by atoms with Crippen LogP contribution in [-0.2, 0) is 4.79 Å². The lowest BCUT2D eigenvalue weighted by Crippen LogP contribution is -2.47. The van der Waals surface area contributed by atoms with E-state index >= 15 is 0 Å². The fourth-order valence-electron chi connectivity index (χ4n) is 2.48. The minimum absolute atomic E-state index is 0.0493. The first-order chi connectivity index (χ1) is 8.00. The molecule has 92 valence electrons. The van der Waals surface area contributed by atoms with E-state index < -0.39 is 0 Å². The molecule has 17 heavy (non-hydrogen) atoms. The molecule has 1 saturated heterocycles. The Bertz CT molecular complexity index is 444. The van der Waals surface area contributed by atoms with Gasteiger partial charge in [-0.05, 0) is 37.6 Å². The minimum atomic E-state index is -0.208. The number of Topliss-reactive ketones (excluding diaryl/α,β-unsaturated/α-hetero) is 1. The number of benzene rings is 1. The van der Waals surface area contributed by atoms with Gasteiger partial charge in [-0.2, -0.15) is 0 Å². The zero-order valence-electron chi connectivity index (χ0n) is 10.5. The predicted molar refractivity (Wildman–Crippen MR) is 66.7 cm³/mol. The van der Waals surface area contributed by atoms with Crippen LogP contribution in [0, 0.1) is 18.7 Å². The summed E-state index contributed by atoms with van der Waals surface area (Å²) in [5.41, 5.74) is 1.97. The van der Waals surface area contributed by atoms with E-state index in [1.54, 1.807) is 6.07 Å². The molecule has 0 spiro atoms. The molecule has 2 rings (SSSR count). The lowest BCUT2D eigenvalue weighted by atomic mass is 9.90. The highest BCUT2D eigenvalue weighted by atomic mass is 19.1. The molecule has 2 atom stereocenters. The zero-order valence-corrected chi connectivity index (χ0v) is 10.5. The van der Waals surface area contributed by atoms with Crippen molar-refractivity contribution in [1.82, 2.24) is 0 Å². The number of aryl methyl sites for hydroxylation is 1. The second kappa shape index (κ2) is 4.47. The molecule has 1 aliphatic rings. The van der Waals surface area contributed by atoms with Crippen LogP contribution in [0.5, 0.6) is 0 Å². The number of hydrogen-bond donors (Lipinski definition) is 0. The highest BCUT2D eigenvalue weighted by molar-refractivity contribution is 5.84. The summed E-state index contributed by atoms with van der Waals surface area (Å²) >= 11 is 0. The number of rotatable bonds is 1. The summed E-state index contributed by atoms with van der Waals surface area (Å²) in [6.45, 7) is 6.67. The maximum atomic E-state index is 13.1. The maximum Gasteiger partial charge on any atom is 0.139 e. The molecule has 0 N–H and O–H groups in total. The molecule has 0 aromatic heterocycles. The van der Waals surface area contributed by atoms with Crippen molar-refractivity contribution < 1.29 is 9.18 Å². The van der Waals surface area contributed by atoms with Gasteiger partial charge >= 0.3 is 0 Å². The summed E-state index contributed by atoms with van der Waals surface area (Å²) in [6.07, 6.45) is 0.586. The summed E-state index contributed by atoms with van der Waals surface area (Å²) in [7, 11) is 0. The second-order valence-corrected chi connectivity index (χ2v) is 4.87. The van der Waals surface area contributed by atoms with Crippen molar-refractivity contribution in [2.45, 2.75) is 33.2 Å². The van der Waals surface area contributed by atoms with Crippen LogP contribution in [-0.4, -0.2) is 18.4 Å². The highest BCUT2D eigenvalue weighted by Crippen LogP contribution is 2.29. The topological polar surface area (TPSA) is 20.3 Å². The Kier molecular flexibility index (Phi) is 3.18. The van der Waals surface area contributed by atoms with Gasteiger partial charge in [0.15, 0.2) is 0 Å². The standard InChI is InChI=1S/C14H18FNO/c1-9-8-12(15)4-5-13(9)16-7-6-14(17)10(2)11(16)3/h4-5,8,10-11H,6-7H2,1-3H3. The molecule has 0 aliphatic carbocycles. The first kappa shape index (κ1) is 12.1. The molecule has 2 nitrogen and oxygen atoms in total. The van der Waals surface area contributed by atoms with Gasteiger partial charge in [-0.1, -0.05) is 6.92 Å². The molecular weight excluding hydrogens is 217 g/mol. The predicted octanol–water partition coefficient (Wildman–Crippen LogP) is 2.94. The van der Waals surface area contributed by atoms with Crippen LogP contribution >= 0.6 is 0 Å². The van der Waals surface area contributed by atoms with Gasteiger partial charge < -0.3 is 4.90 Å². The van der Waals surface area contributed by atoms with Gasteiger partial charge in [-0.3, -0.25) is 4.79 Å². The number of piperidine rings is 1. The number of ketones is 1. The second-order valence-electron chi connectivity index (χ2n) is 4.87. The molecule has 2 unspecified atom stereocenters. The van der Waals surface area contributed by atoms with Crippen LogP contribution in [0.4, 0.5) is 10.1 Å². The lowest BCUT2D eigenvalue weighted by molar-refractivity contribution is -0.123. The van der Waals surface area contributed by atoms with Crippen LogP contribution < -0.4 is 4.90 Å². The van der Waals surface area contributed by atoms with Gasteiger partial charge in [-0.15, -0.1) is 0 Å². The van der Waals surface area contributed by atoms with E-state index in [-0.39, 0.29) is 17.8 Å². The van der Waals surface area contributed by atoms with Gasteiger partial charge in [0.1, 0.15) is 11.6 Å². The van der Waals surface area contributed by atoms with Crippen molar-refractivity contribution in [2.75, 3.05) is 11.4 Å². The van der Waals surface area contributed by atoms with Gasteiger partial charge in [0.05, 0.1) is 0 Å². The highest BCUT2D eigenvalue weighted by Gasteiger charge is 2.31. The first-order valence-electron chi connectivity index (χ1n) is 6.06. The lowest BCUT2D eigenvalue weighted by Gasteiger charge is -2.39. The van der Waals surface area contributed by atoms with Gasteiger partial charge in [0.2, 0.25) is 0 Å². The van der Waals surface area contributed by atoms with Crippen molar-refractivity contribution in [3.63, 3.8) is 0 Å². The Morgan fingerprint density at radius 3 is 2.71 bits per heavy atom. The maximum absolute atomic E-state index is 13.1. The van der Waals surface area contributed by atoms with Crippen molar-refractivity contribution in [2.24, 2.45) is 5.92 Å². The summed E-state index contributed by atoms with van der Waals surface area (Å²) in [5, 5.41) is 0. The third-order valence-corrected chi connectivity index (χ3v) is 3.79. The third-order valence-electron chi connectivity index (χ3n) is 3.79. The molecular formula is C14H18FNO. The summed E-state index contributed by atoms with van der Waals surface area (Å²) < 4.78 is 13.1. The Morgan fingerprint density at radius 1 is 1.35 bits per heavy atom. The van der Waals surface area contributed by atoms with Crippen LogP contribution in [0.15, 0.2) is 18.2 Å². The molecule has 1 aliphatic heterocycles. The summed E-state index contributed by atoms with van der Waals surface area (Å²) in [6, 6.07) is 5.02. The molecule has 1 aromatic carbocycles. The normalized spacial score (nSPS) is 25.2. The third kappa shape index (κ3) is 2.19. The van der Waals surface area contributed by atoms with Crippen LogP contribution in [0.1, 0.15) is 25.8 Å². The molecule has 0 saturated carbocycles. The average Bonchev–Trinajstić information content (AvgIpc) is 2.28. The van der Waals surface area contributed by atoms with E-state index in [2.05, 4.69) is 11.8 Å². The van der Waals surface area contributed by atoms with E-state index in [0.717, 1.165) is 17.8 Å². The number of hydrogen-bond acceptors (Lipinski definition) is 2. The van der Waals surface area contributed by atoms with Gasteiger partial charge in [0, 0.05) is 30.6 Å². The summed E-state index contributed by atoms with van der Waals surface area (Å²) in [5.74, 6) is 0.168. The molecule has 0 amide bonds. The molecule has 3 heteroatoms. The SMILES string of the molecule is Cc1cc(F)ccc1N1CCC(=O)C(C)C1C. The number of nitrogens with zero attached hydrogens (tertiary/aromatic N) is 1. The van der Waals surface area contributed by atoms with Crippen molar-refractivity contribution in [3.05, 3.63) is 29.6 Å². The Morgan fingerprint density at radius 2 is 2.06 bits per heavy atom. The van der Waals surface area contributed by atoms with Crippen molar-refractivity contribution in [1.29, 1.82) is 0 Å². The summed E-state index contributed by atoms with van der Waals surface area (Å²) in [4.78, 5) is 13.8. The molecule has 0 radical (unpaired) electrons. The van der Waals surface area contributed by atoms with E-state index in [9.17, 15) is 9.18 Å². The van der Waals surface area contributed by atoms with Crippen LogP contribution in [0.3, 0.4) is 0 Å². The Balaban J connectivity index is 2.31. The monoisotopic (exact) mass is 235 g/mol. The van der Waals surface area contributed by atoms with E-state index in [1.807, 2.05) is 19.9 Å². The van der Waals surface area contributed by atoms with E-state index in [4.69, 9.17) is 0 Å². The van der Waals surface area contributed by atoms with Crippen molar-refractivity contribution in [3.8, 4) is 0 Å². The van der Waals surface area contributed by atoms with Crippen LogP contribution in [0.25, 0.3) is 0 Å². The Labute approximate surface area is 101 Å². The number of anilines is 1. The number of carbonyl (C=O) groups excluding carboxylic acids is 1. The fraction of sp³-hybridized carbons (Fsp3) is 0.500. The van der Waals surface area contributed by atoms with Crippen molar-refractivity contribution >= 4 is 11.5 Å². The smallest absolute Gasteiger partial charge is 0.139 e.